The first-order chi connectivity index (χ1) is 6.63. The second-order valence-corrected chi connectivity index (χ2v) is 4.80. The Kier molecular flexibility index (Phi) is 4.58. The van der Waals surface area contributed by atoms with Crippen LogP contribution in [0.1, 0.15) is 26.1 Å². The largest absolute Gasteiger partial charge is 0.253 e. The van der Waals surface area contributed by atoms with E-state index in [9.17, 15) is 0 Å². The highest BCUT2D eigenvalue weighted by Gasteiger charge is 2.13. The van der Waals surface area contributed by atoms with Gasteiger partial charge in [0.25, 0.3) is 0 Å². The van der Waals surface area contributed by atoms with Crippen LogP contribution in [0.2, 0.25) is 0 Å². The molecule has 0 spiro atoms. The third kappa shape index (κ3) is 3.40. The molecule has 0 aliphatic heterocycles. The smallest absolute Gasteiger partial charge is 0.138 e. The van der Waals surface area contributed by atoms with Crippen molar-refractivity contribution in [3.8, 4) is 0 Å². The van der Waals surface area contributed by atoms with Gasteiger partial charge in [0.05, 0.1) is 0 Å². The molecule has 0 bridgehead atoms. The van der Waals surface area contributed by atoms with Crippen LogP contribution < -0.4 is 0 Å². The molecule has 0 saturated heterocycles. The molecule has 1 aromatic heterocycles. The third-order valence-electron chi connectivity index (χ3n) is 2.30. The van der Waals surface area contributed by atoms with Gasteiger partial charge in [-0.2, -0.15) is 5.10 Å². The monoisotopic (exact) mass is 259 g/mol. The van der Waals surface area contributed by atoms with E-state index in [1.165, 1.54) is 6.42 Å². The van der Waals surface area contributed by atoms with E-state index in [1.807, 2.05) is 11.7 Å². The number of rotatable bonds is 5. The summed E-state index contributed by atoms with van der Waals surface area (Å²) in [7, 11) is 1.95. The first kappa shape index (κ1) is 11.7. The standard InChI is InChI=1S/C10H18BrN3/c1-8(2)4-9(6-11)5-10-12-7-13-14(10)3/h7-9H,4-6H2,1-3H3. The molecule has 1 unspecified atom stereocenters. The van der Waals surface area contributed by atoms with Gasteiger partial charge in [0.2, 0.25) is 0 Å². The summed E-state index contributed by atoms with van der Waals surface area (Å²) in [6.45, 7) is 4.51. The molecular formula is C10H18BrN3. The Morgan fingerprint density at radius 1 is 1.50 bits per heavy atom. The van der Waals surface area contributed by atoms with Gasteiger partial charge >= 0.3 is 0 Å². The quantitative estimate of drug-likeness (QED) is 0.761. The maximum Gasteiger partial charge on any atom is 0.138 e. The van der Waals surface area contributed by atoms with Crippen LogP contribution in [0.4, 0.5) is 0 Å². The molecule has 1 atom stereocenters. The fraction of sp³-hybridized carbons (Fsp3) is 0.800. The zero-order chi connectivity index (χ0) is 10.6. The van der Waals surface area contributed by atoms with E-state index in [1.54, 1.807) is 6.33 Å². The van der Waals surface area contributed by atoms with Gasteiger partial charge in [-0.1, -0.05) is 29.8 Å². The van der Waals surface area contributed by atoms with Gasteiger partial charge in [-0.3, -0.25) is 4.68 Å². The molecule has 3 nitrogen and oxygen atoms in total. The summed E-state index contributed by atoms with van der Waals surface area (Å²) in [6.07, 6.45) is 3.87. The van der Waals surface area contributed by atoms with Crippen molar-refractivity contribution in [2.24, 2.45) is 18.9 Å². The van der Waals surface area contributed by atoms with Gasteiger partial charge in [0, 0.05) is 18.8 Å². The zero-order valence-electron chi connectivity index (χ0n) is 9.07. The van der Waals surface area contributed by atoms with E-state index >= 15 is 0 Å². The minimum atomic E-state index is 0.665. The Morgan fingerprint density at radius 3 is 2.64 bits per heavy atom. The molecule has 0 radical (unpaired) electrons. The maximum atomic E-state index is 4.24. The highest BCUT2D eigenvalue weighted by Crippen LogP contribution is 2.17. The fourth-order valence-corrected chi connectivity index (χ4v) is 2.12. The maximum absolute atomic E-state index is 4.24. The SMILES string of the molecule is CC(C)CC(CBr)Cc1ncnn1C. The van der Waals surface area contributed by atoms with E-state index in [0.717, 1.165) is 23.5 Å². The van der Waals surface area contributed by atoms with Crippen molar-refractivity contribution in [2.45, 2.75) is 26.7 Å². The van der Waals surface area contributed by atoms with Crippen LogP contribution in [0.3, 0.4) is 0 Å². The molecule has 14 heavy (non-hydrogen) atoms. The first-order valence-corrected chi connectivity index (χ1v) is 6.14. The first-order valence-electron chi connectivity index (χ1n) is 5.02. The Labute approximate surface area is 94.0 Å². The predicted molar refractivity (Wildman–Crippen MR) is 61.4 cm³/mol. The molecule has 0 fully saturated rings. The summed E-state index contributed by atoms with van der Waals surface area (Å²) in [4.78, 5) is 4.24. The second kappa shape index (κ2) is 5.49. The summed E-state index contributed by atoms with van der Waals surface area (Å²) in [5.74, 6) is 2.48. The van der Waals surface area contributed by atoms with Crippen molar-refractivity contribution >= 4 is 15.9 Å². The lowest BCUT2D eigenvalue weighted by Gasteiger charge is -2.15. The normalized spacial score (nSPS) is 13.5. The molecule has 80 valence electrons. The van der Waals surface area contributed by atoms with Gasteiger partial charge in [-0.25, -0.2) is 4.98 Å². The molecule has 1 rings (SSSR count). The lowest BCUT2D eigenvalue weighted by molar-refractivity contribution is 0.432. The Morgan fingerprint density at radius 2 is 2.21 bits per heavy atom. The molecule has 0 aliphatic carbocycles. The van der Waals surface area contributed by atoms with E-state index in [0.29, 0.717) is 5.92 Å². The zero-order valence-corrected chi connectivity index (χ0v) is 10.7. The summed E-state index contributed by atoms with van der Waals surface area (Å²) in [5.41, 5.74) is 0. The van der Waals surface area contributed by atoms with Crippen LogP contribution >= 0.6 is 15.9 Å². The average molecular weight is 260 g/mol. The van der Waals surface area contributed by atoms with Crippen LogP contribution in [-0.2, 0) is 13.5 Å². The summed E-state index contributed by atoms with van der Waals surface area (Å²) < 4.78 is 1.86. The number of aromatic nitrogens is 3. The predicted octanol–water partition coefficient (Wildman–Crippen LogP) is 2.41. The van der Waals surface area contributed by atoms with Crippen LogP contribution in [0.25, 0.3) is 0 Å². The van der Waals surface area contributed by atoms with E-state index < -0.39 is 0 Å². The molecular weight excluding hydrogens is 242 g/mol. The fourth-order valence-electron chi connectivity index (χ4n) is 1.63. The molecule has 0 aromatic carbocycles. The Hall–Kier alpha value is -0.380. The van der Waals surface area contributed by atoms with Gasteiger partial charge in [-0.15, -0.1) is 0 Å². The van der Waals surface area contributed by atoms with Crippen molar-refractivity contribution in [1.82, 2.24) is 14.8 Å². The number of nitrogens with zero attached hydrogens (tertiary/aromatic N) is 3. The van der Waals surface area contributed by atoms with Crippen LogP contribution in [0.15, 0.2) is 6.33 Å². The molecule has 1 aromatic rings. The van der Waals surface area contributed by atoms with Crippen molar-refractivity contribution < 1.29 is 0 Å². The molecule has 4 heteroatoms. The molecule has 0 aliphatic rings. The Bertz CT molecular complexity index is 270. The highest BCUT2D eigenvalue weighted by atomic mass is 79.9. The van der Waals surface area contributed by atoms with Gasteiger partial charge < -0.3 is 0 Å². The van der Waals surface area contributed by atoms with Gasteiger partial charge in [-0.05, 0) is 18.3 Å². The van der Waals surface area contributed by atoms with E-state index in [2.05, 4.69) is 39.9 Å². The lowest BCUT2D eigenvalue weighted by Crippen LogP contribution is -2.13. The summed E-state index contributed by atoms with van der Waals surface area (Å²) in [5, 5.41) is 5.11. The van der Waals surface area contributed by atoms with Crippen molar-refractivity contribution in [1.29, 1.82) is 0 Å². The molecule has 1 heterocycles. The van der Waals surface area contributed by atoms with Crippen LogP contribution in [0.5, 0.6) is 0 Å². The van der Waals surface area contributed by atoms with Crippen LogP contribution in [0, 0.1) is 11.8 Å². The van der Waals surface area contributed by atoms with Crippen molar-refractivity contribution in [3.63, 3.8) is 0 Å². The number of halogens is 1. The second-order valence-electron chi connectivity index (χ2n) is 4.15. The summed E-state index contributed by atoms with van der Waals surface area (Å²) in [6, 6.07) is 0. The average Bonchev–Trinajstić information content (AvgIpc) is 2.50. The van der Waals surface area contributed by atoms with Crippen molar-refractivity contribution in [3.05, 3.63) is 12.2 Å². The number of aryl methyl sites for hydroxylation is 1. The number of alkyl halides is 1. The highest BCUT2D eigenvalue weighted by molar-refractivity contribution is 9.09. The minimum absolute atomic E-state index is 0.665. The van der Waals surface area contributed by atoms with Gasteiger partial charge in [0.1, 0.15) is 12.2 Å². The van der Waals surface area contributed by atoms with E-state index in [4.69, 9.17) is 0 Å². The van der Waals surface area contributed by atoms with Crippen molar-refractivity contribution in [2.75, 3.05) is 5.33 Å². The Balaban J connectivity index is 2.52. The number of hydrogen-bond donors (Lipinski definition) is 0. The molecule has 0 N–H and O–H groups in total. The third-order valence-corrected chi connectivity index (χ3v) is 3.22. The minimum Gasteiger partial charge on any atom is -0.253 e. The summed E-state index contributed by atoms with van der Waals surface area (Å²) >= 11 is 3.56. The van der Waals surface area contributed by atoms with Gasteiger partial charge in [0.15, 0.2) is 0 Å². The molecule has 0 amide bonds. The van der Waals surface area contributed by atoms with Crippen LogP contribution in [-0.4, -0.2) is 20.1 Å². The molecule has 0 saturated carbocycles. The van der Waals surface area contributed by atoms with E-state index in [-0.39, 0.29) is 0 Å². The topological polar surface area (TPSA) is 30.7 Å². The lowest BCUT2D eigenvalue weighted by atomic mass is 9.96. The number of hydrogen-bond acceptors (Lipinski definition) is 2.